The van der Waals surface area contributed by atoms with Crippen molar-refractivity contribution >= 4 is 11.6 Å². The second kappa shape index (κ2) is 7.28. The molecule has 1 amide bonds. The van der Waals surface area contributed by atoms with Gasteiger partial charge in [-0.05, 0) is 25.1 Å². The summed E-state index contributed by atoms with van der Waals surface area (Å²) in [5.74, 6) is -0.783. The topological polar surface area (TPSA) is 127 Å². The van der Waals surface area contributed by atoms with Gasteiger partial charge in [0.2, 0.25) is 5.95 Å². The van der Waals surface area contributed by atoms with Crippen molar-refractivity contribution in [3.8, 4) is 17.6 Å². The Hall–Kier alpha value is -4.46. The molecule has 0 saturated carbocycles. The van der Waals surface area contributed by atoms with E-state index in [1.165, 1.54) is 58.7 Å². The van der Waals surface area contributed by atoms with Crippen LogP contribution in [-0.4, -0.2) is 40.6 Å². The standard InChI is InChI=1S/C18H12FN9O/c1-11-15(10-25-27(11)14-2-3-16(19)21-9-14)18(29)26-13-6-12(7-20)17(22-8-13)28-23-4-5-24-28/h2-6,8-10H,1H3,(H,26,29). The Morgan fingerprint density at radius 1 is 1.14 bits per heavy atom. The molecule has 0 unspecified atom stereocenters. The smallest absolute Gasteiger partial charge is 0.259 e. The molecule has 0 aliphatic carbocycles. The number of nitrogens with one attached hydrogen (secondary N) is 1. The van der Waals surface area contributed by atoms with Crippen molar-refractivity contribution < 1.29 is 9.18 Å². The summed E-state index contributed by atoms with van der Waals surface area (Å²) >= 11 is 0. The summed E-state index contributed by atoms with van der Waals surface area (Å²) in [5, 5.41) is 24.1. The van der Waals surface area contributed by atoms with Crippen LogP contribution in [0.1, 0.15) is 21.6 Å². The molecule has 4 heterocycles. The third-order valence-electron chi connectivity index (χ3n) is 4.06. The number of aromatic nitrogens is 7. The third-order valence-corrected chi connectivity index (χ3v) is 4.06. The molecule has 4 rings (SSSR count). The summed E-state index contributed by atoms with van der Waals surface area (Å²) in [6.07, 6.45) is 7.06. The highest BCUT2D eigenvalue weighted by Crippen LogP contribution is 2.18. The van der Waals surface area contributed by atoms with Crippen molar-refractivity contribution in [2.24, 2.45) is 0 Å². The lowest BCUT2D eigenvalue weighted by Crippen LogP contribution is -2.14. The molecule has 0 atom stereocenters. The number of carbonyl (C=O) groups excluding carboxylic acids is 1. The first-order valence-electron chi connectivity index (χ1n) is 8.31. The zero-order chi connectivity index (χ0) is 20.4. The van der Waals surface area contributed by atoms with E-state index in [1.807, 2.05) is 6.07 Å². The first-order valence-corrected chi connectivity index (χ1v) is 8.31. The van der Waals surface area contributed by atoms with E-state index in [2.05, 4.69) is 30.6 Å². The van der Waals surface area contributed by atoms with Crippen LogP contribution >= 0.6 is 0 Å². The van der Waals surface area contributed by atoms with Crippen LogP contribution in [0.5, 0.6) is 0 Å². The summed E-state index contributed by atoms with van der Waals surface area (Å²) in [6, 6.07) is 6.21. The average Bonchev–Trinajstić information content (AvgIpc) is 3.38. The Balaban J connectivity index is 1.59. The SMILES string of the molecule is Cc1c(C(=O)Nc2cnc(-n3nccn3)c(C#N)c2)cnn1-c1ccc(F)nc1. The van der Waals surface area contributed by atoms with Crippen LogP contribution in [-0.2, 0) is 0 Å². The van der Waals surface area contributed by atoms with Gasteiger partial charge in [-0.25, -0.2) is 14.6 Å². The van der Waals surface area contributed by atoms with Gasteiger partial charge in [-0.2, -0.15) is 24.9 Å². The van der Waals surface area contributed by atoms with Crippen LogP contribution in [0.3, 0.4) is 0 Å². The van der Waals surface area contributed by atoms with Gasteiger partial charge >= 0.3 is 0 Å². The highest BCUT2D eigenvalue weighted by molar-refractivity contribution is 6.05. The van der Waals surface area contributed by atoms with Crippen LogP contribution < -0.4 is 5.32 Å². The highest BCUT2D eigenvalue weighted by atomic mass is 19.1. The van der Waals surface area contributed by atoms with Gasteiger partial charge in [-0.3, -0.25) is 4.79 Å². The number of carbonyl (C=O) groups is 1. The second-order valence-electron chi connectivity index (χ2n) is 5.87. The van der Waals surface area contributed by atoms with E-state index < -0.39 is 11.9 Å². The number of pyridine rings is 2. The van der Waals surface area contributed by atoms with Gasteiger partial charge in [0.05, 0.1) is 53.6 Å². The number of hydrogen-bond donors (Lipinski definition) is 1. The molecule has 29 heavy (non-hydrogen) atoms. The number of nitrogens with zero attached hydrogens (tertiary/aromatic N) is 8. The third kappa shape index (κ3) is 3.42. The van der Waals surface area contributed by atoms with Gasteiger partial charge < -0.3 is 5.32 Å². The van der Waals surface area contributed by atoms with Crippen LogP contribution in [0.2, 0.25) is 0 Å². The molecule has 0 aliphatic heterocycles. The van der Waals surface area contributed by atoms with Gasteiger partial charge in [0.25, 0.3) is 5.91 Å². The first kappa shape index (κ1) is 17.9. The number of amides is 1. The van der Waals surface area contributed by atoms with E-state index in [-0.39, 0.29) is 11.4 Å². The normalized spacial score (nSPS) is 10.5. The summed E-state index contributed by atoms with van der Waals surface area (Å²) < 4.78 is 14.5. The predicted molar refractivity (Wildman–Crippen MR) is 97.9 cm³/mol. The van der Waals surface area contributed by atoms with Gasteiger partial charge in [0.1, 0.15) is 11.6 Å². The van der Waals surface area contributed by atoms with Crippen LogP contribution in [0.15, 0.2) is 49.2 Å². The van der Waals surface area contributed by atoms with E-state index in [0.29, 0.717) is 22.6 Å². The van der Waals surface area contributed by atoms with Gasteiger partial charge in [0, 0.05) is 0 Å². The Bertz CT molecular complexity index is 1220. The molecule has 0 spiro atoms. The molecule has 0 radical (unpaired) electrons. The molecule has 11 heteroatoms. The summed E-state index contributed by atoms with van der Waals surface area (Å²) in [5.41, 5.74) is 1.90. The Morgan fingerprint density at radius 2 is 1.93 bits per heavy atom. The van der Waals surface area contributed by atoms with E-state index >= 15 is 0 Å². The molecule has 4 aromatic heterocycles. The molecule has 0 aliphatic rings. The zero-order valence-electron chi connectivity index (χ0n) is 15.0. The molecular weight excluding hydrogens is 377 g/mol. The summed E-state index contributed by atoms with van der Waals surface area (Å²) in [4.78, 5) is 21.6. The second-order valence-corrected chi connectivity index (χ2v) is 5.87. The quantitative estimate of drug-likeness (QED) is 0.527. The van der Waals surface area contributed by atoms with Crippen molar-refractivity contribution in [2.45, 2.75) is 6.92 Å². The fraction of sp³-hybridized carbons (Fsp3) is 0.0556. The minimum absolute atomic E-state index is 0.198. The molecule has 0 aromatic carbocycles. The maximum Gasteiger partial charge on any atom is 0.259 e. The Labute approximate surface area is 163 Å². The van der Waals surface area contributed by atoms with E-state index in [9.17, 15) is 14.4 Å². The lowest BCUT2D eigenvalue weighted by atomic mass is 10.2. The largest absolute Gasteiger partial charge is 0.320 e. The molecule has 4 aromatic rings. The molecule has 10 nitrogen and oxygen atoms in total. The van der Waals surface area contributed by atoms with Crippen LogP contribution in [0.25, 0.3) is 11.5 Å². The first-order chi connectivity index (χ1) is 14.1. The lowest BCUT2D eigenvalue weighted by molar-refractivity contribution is 0.102. The van der Waals surface area contributed by atoms with Crippen molar-refractivity contribution in [2.75, 3.05) is 5.32 Å². The molecule has 0 saturated heterocycles. The maximum absolute atomic E-state index is 13.0. The van der Waals surface area contributed by atoms with Crippen LogP contribution in [0.4, 0.5) is 10.1 Å². The molecule has 0 bridgehead atoms. The van der Waals surface area contributed by atoms with Gasteiger partial charge in [-0.15, -0.1) is 4.80 Å². The minimum Gasteiger partial charge on any atom is -0.320 e. The van der Waals surface area contributed by atoms with E-state index in [4.69, 9.17) is 0 Å². The lowest BCUT2D eigenvalue weighted by Gasteiger charge is -2.08. The Morgan fingerprint density at radius 3 is 2.62 bits per heavy atom. The Kier molecular flexibility index (Phi) is 4.50. The fourth-order valence-corrected chi connectivity index (χ4v) is 2.68. The summed E-state index contributed by atoms with van der Waals surface area (Å²) in [7, 11) is 0. The zero-order valence-corrected chi connectivity index (χ0v) is 15.0. The molecule has 1 N–H and O–H groups in total. The maximum atomic E-state index is 13.0. The van der Waals surface area contributed by atoms with E-state index in [0.717, 1.165) is 0 Å². The molecule has 142 valence electrons. The number of hydrogen-bond acceptors (Lipinski definition) is 7. The monoisotopic (exact) mass is 389 g/mol. The average molecular weight is 389 g/mol. The minimum atomic E-state index is -0.605. The van der Waals surface area contributed by atoms with Crippen LogP contribution in [0, 0.1) is 24.2 Å². The van der Waals surface area contributed by atoms with Crippen molar-refractivity contribution in [1.29, 1.82) is 5.26 Å². The number of halogens is 1. The number of rotatable bonds is 4. The number of anilines is 1. The molecular formula is C18H12FN9O. The fourth-order valence-electron chi connectivity index (χ4n) is 2.68. The van der Waals surface area contributed by atoms with Crippen molar-refractivity contribution in [1.82, 2.24) is 34.7 Å². The summed E-state index contributed by atoms with van der Waals surface area (Å²) in [6.45, 7) is 1.71. The van der Waals surface area contributed by atoms with E-state index in [1.54, 1.807) is 6.92 Å². The molecule has 0 fully saturated rings. The number of nitriles is 1. The van der Waals surface area contributed by atoms with Crippen molar-refractivity contribution in [3.63, 3.8) is 0 Å². The van der Waals surface area contributed by atoms with Crippen molar-refractivity contribution in [3.05, 3.63) is 72.0 Å². The predicted octanol–water partition coefficient (Wildman–Crippen LogP) is 1.81. The van der Waals surface area contributed by atoms with Gasteiger partial charge in [0.15, 0.2) is 5.82 Å². The highest BCUT2D eigenvalue weighted by Gasteiger charge is 2.17. The van der Waals surface area contributed by atoms with Gasteiger partial charge in [-0.1, -0.05) is 0 Å².